The number of hydrogen-bond donors (Lipinski definition) is 2. The molecule has 1 heterocycles. The monoisotopic (exact) mass is 227 g/mol. The summed E-state index contributed by atoms with van der Waals surface area (Å²) in [7, 11) is 0. The van der Waals surface area contributed by atoms with Crippen LogP contribution in [0.1, 0.15) is 46.0 Å². The van der Waals surface area contributed by atoms with Crippen LogP contribution >= 0.6 is 0 Å². The Hall–Kier alpha value is -0.610. The fourth-order valence-electron chi connectivity index (χ4n) is 2.64. The van der Waals surface area contributed by atoms with Gasteiger partial charge in [0.1, 0.15) is 0 Å². The van der Waals surface area contributed by atoms with Crippen molar-refractivity contribution in [3.8, 4) is 0 Å². The van der Waals surface area contributed by atoms with Crippen molar-refractivity contribution < 1.29 is 4.79 Å². The lowest BCUT2D eigenvalue weighted by Crippen LogP contribution is -2.48. The zero-order chi connectivity index (χ0) is 12.0. The van der Waals surface area contributed by atoms with Crippen LogP contribution in [0.5, 0.6) is 0 Å². The number of nitrogens with one attached hydrogen (secondary N) is 1. The average Bonchev–Trinajstić information content (AvgIpc) is 2.74. The van der Waals surface area contributed by atoms with Crippen molar-refractivity contribution in [1.82, 2.24) is 10.3 Å². The smallest absolute Gasteiger partial charge is 0.251 e. The first-order valence-electron chi connectivity index (χ1n) is 6.47. The third-order valence-electron chi connectivity index (χ3n) is 3.46. The van der Waals surface area contributed by atoms with E-state index in [4.69, 9.17) is 5.84 Å². The van der Waals surface area contributed by atoms with Gasteiger partial charge in [-0.25, -0.2) is 5.84 Å². The standard InChI is InChI=1S/C12H25N3O/c1-3-5-10-7-8-15(9-10)11(6-4-2)12(16)14-13/h10-11H,3-9,13H2,1-2H3,(H,14,16). The van der Waals surface area contributed by atoms with Crippen molar-refractivity contribution in [2.24, 2.45) is 11.8 Å². The van der Waals surface area contributed by atoms with E-state index in [1.54, 1.807) is 0 Å². The van der Waals surface area contributed by atoms with Gasteiger partial charge in [0.05, 0.1) is 6.04 Å². The summed E-state index contributed by atoms with van der Waals surface area (Å²) >= 11 is 0. The molecule has 3 N–H and O–H groups in total. The first kappa shape index (κ1) is 13.5. The Morgan fingerprint density at radius 2 is 2.25 bits per heavy atom. The Bertz CT molecular complexity index is 220. The van der Waals surface area contributed by atoms with Crippen LogP contribution in [0.2, 0.25) is 0 Å². The van der Waals surface area contributed by atoms with E-state index < -0.39 is 0 Å². The molecule has 0 bridgehead atoms. The van der Waals surface area contributed by atoms with Crippen LogP contribution in [0.25, 0.3) is 0 Å². The first-order valence-corrected chi connectivity index (χ1v) is 6.47. The Morgan fingerprint density at radius 1 is 1.50 bits per heavy atom. The van der Waals surface area contributed by atoms with Crippen LogP contribution in [0.4, 0.5) is 0 Å². The molecule has 1 aliphatic rings. The summed E-state index contributed by atoms with van der Waals surface area (Å²) in [5.41, 5.74) is 2.29. The predicted molar refractivity (Wildman–Crippen MR) is 65.6 cm³/mol. The molecule has 2 atom stereocenters. The normalized spacial score (nSPS) is 23.3. The molecule has 1 aliphatic heterocycles. The van der Waals surface area contributed by atoms with Crippen molar-refractivity contribution in [3.63, 3.8) is 0 Å². The van der Waals surface area contributed by atoms with Gasteiger partial charge in [-0.2, -0.15) is 0 Å². The number of nitrogens with zero attached hydrogens (tertiary/aromatic N) is 1. The second-order valence-corrected chi connectivity index (χ2v) is 4.75. The van der Waals surface area contributed by atoms with Crippen molar-refractivity contribution in [1.29, 1.82) is 0 Å². The van der Waals surface area contributed by atoms with E-state index in [1.807, 2.05) is 0 Å². The van der Waals surface area contributed by atoms with Gasteiger partial charge in [0, 0.05) is 6.54 Å². The molecule has 1 fully saturated rings. The van der Waals surface area contributed by atoms with Gasteiger partial charge in [0.2, 0.25) is 0 Å². The predicted octanol–water partition coefficient (Wildman–Crippen LogP) is 1.27. The van der Waals surface area contributed by atoms with Gasteiger partial charge in [-0.15, -0.1) is 0 Å². The number of amides is 1. The van der Waals surface area contributed by atoms with Crippen molar-refractivity contribution >= 4 is 5.91 Å². The molecule has 0 aliphatic carbocycles. The van der Waals surface area contributed by atoms with Gasteiger partial charge in [0.25, 0.3) is 5.91 Å². The second-order valence-electron chi connectivity index (χ2n) is 4.75. The largest absolute Gasteiger partial charge is 0.293 e. The minimum Gasteiger partial charge on any atom is -0.293 e. The highest BCUT2D eigenvalue weighted by atomic mass is 16.2. The third kappa shape index (κ3) is 3.46. The SMILES string of the molecule is CCCC1CCN(C(CCC)C(=O)NN)C1. The van der Waals surface area contributed by atoms with E-state index in [0.717, 1.165) is 31.8 Å². The molecule has 0 spiro atoms. The van der Waals surface area contributed by atoms with Gasteiger partial charge in [-0.1, -0.05) is 26.7 Å². The summed E-state index contributed by atoms with van der Waals surface area (Å²) < 4.78 is 0. The van der Waals surface area contributed by atoms with Crippen LogP contribution in [0.3, 0.4) is 0 Å². The van der Waals surface area contributed by atoms with Gasteiger partial charge in [0.15, 0.2) is 0 Å². The van der Waals surface area contributed by atoms with Crippen molar-refractivity contribution in [2.75, 3.05) is 13.1 Å². The quantitative estimate of drug-likeness (QED) is 0.408. The summed E-state index contributed by atoms with van der Waals surface area (Å²) in [6, 6.07) is -0.0168. The van der Waals surface area contributed by atoms with Gasteiger partial charge in [-0.3, -0.25) is 15.1 Å². The van der Waals surface area contributed by atoms with E-state index in [-0.39, 0.29) is 11.9 Å². The molecule has 0 aromatic carbocycles. The van der Waals surface area contributed by atoms with Crippen LogP contribution in [0.15, 0.2) is 0 Å². The molecule has 1 rings (SSSR count). The number of carbonyl (C=O) groups excluding carboxylic acids is 1. The van der Waals surface area contributed by atoms with Gasteiger partial charge >= 0.3 is 0 Å². The Labute approximate surface area is 98.5 Å². The molecule has 1 saturated heterocycles. The zero-order valence-electron chi connectivity index (χ0n) is 10.5. The highest BCUT2D eigenvalue weighted by Crippen LogP contribution is 2.24. The molecule has 0 aromatic heterocycles. The van der Waals surface area contributed by atoms with Crippen molar-refractivity contribution in [3.05, 3.63) is 0 Å². The van der Waals surface area contributed by atoms with Crippen LogP contribution in [-0.4, -0.2) is 29.9 Å². The van der Waals surface area contributed by atoms with Gasteiger partial charge < -0.3 is 0 Å². The maximum Gasteiger partial charge on any atom is 0.251 e. The number of nitrogens with two attached hydrogens (primary N) is 1. The molecule has 0 radical (unpaired) electrons. The first-order chi connectivity index (χ1) is 7.72. The lowest BCUT2D eigenvalue weighted by Gasteiger charge is -2.25. The third-order valence-corrected chi connectivity index (χ3v) is 3.46. The highest BCUT2D eigenvalue weighted by Gasteiger charge is 2.30. The maximum atomic E-state index is 11.7. The van der Waals surface area contributed by atoms with E-state index in [9.17, 15) is 4.79 Å². The molecular formula is C12H25N3O. The molecule has 0 saturated carbocycles. The summed E-state index contributed by atoms with van der Waals surface area (Å²) in [5.74, 6) is 5.98. The summed E-state index contributed by atoms with van der Waals surface area (Å²) in [4.78, 5) is 14.0. The van der Waals surface area contributed by atoms with E-state index in [2.05, 4.69) is 24.2 Å². The van der Waals surface area contributed by atoms with E-state index >= 15 is 0 Å². The summed E-state index contributed by atoms with van der Waals surface area (Å²) in [6.07, 6.45) is 5.67. The number of rotatable bonds is 6. The average molecular weight is 227 g/mol. The molecule has 94 valence electrons. The number of hydrogen-bond acceptors (Lipinski definition) is 3. The van der Waals surface area contributed by atoms with Crippen LogP contribution in [0, 0.1) is 5.92 Å². The molecule has 4 heteroatoms. The Balaban J connectivity index is 2.49. The lowest BCUT2D eigenvalue weighted by molar-refractivity contribution is -0.126. The topological polar surface area (TPSA) is 58.4 Å². The minimum atomic E-state index is -0.0287. The van der Waals surface area contributed by atoms with E-state index in [1.165, 1.54) is 19.3 Å². The Morgan fingerprint density at radius 3 is 2.81 bits per heavy atom. The summed E-state index contributed by atoms with van der Waals surface area (Å²) in [5, 5.41) is 0. The fraction of sp³-hybridized carbons (Fsp3) is 0.917. The summed E-state index contributed by atoms with van der Waals surface area (Å²) in [6.45, 7) is 6.43. The Kier molecular flexibility index (Phi) is 5.77. The molecule has 1 amide bonds. The molecular weight excluding hydrogens is 202 g/mol. The van der Waals surface area contributed by atoms with E-state index in [0.29, 0.717) is 0 Å². The second kappa shape index (κ2) is 6.86. The highest BCUT2D eigenvalue weighted by molar-refractivity contribution is 5.81. The fourth-order valence-corrected chi connectivity index (χ4v) is 2.64. The van der Waals surface area contributed by atoms with Crippen LogP contribution < -0.4 is 11.3 Å². The zero-order valence-corrected chi connectivity index (χ0v) is 10.5. The number of hydrazine groups is 1. The van der Waals surface area contributed by atoms with Crippen LogP contribution in [-0.2, 0) is 4.79 Å². The maximum absolute atomic E-state index is 11.7. The number of likely N-dealkylation sites (tertiary alicyclic amines) is 1. The molecule has 0 aromatic rings. The minimum absolute atomic E-state index is 0.0168. The van der Waals surface area contributed by atoms with Gasteiger partial charge in [-0.05, 0) is 31.7 Å². The number of carbonyl (C=O) groups is 1. The molecule has 4 nitrogen and oxygen atoms in total. The molecule has 16 heavy (non-hydrogen) atoms. The lowest BCUT2D eigenvalue weighted by atomic mass is 10.0. The molecule has 2 unspecified atom stereocenters. The van der Waals surface area contributed by atoms with Crippen molar-refractivity contribution in [2.45, 2.75) is 52.0 Å².